The molecular weight excluding hydrogens is 324 g/mol. The highest BCUT2D eigenvalue weighted by Crippen LogP contribution is 2.41. The smallest absolute Gasteiger partial charge is 0.163 e. The molecule has 0 amide bonds. The predicted molar refractivity (Wildman–Crippen MR) is 91.8 cm³/mol. The minimum absolute atomic E-state index is 0.00379. The first-order valence-corrected chi connectivity index (χ1v) is 7.66. The van der Waals surface area contributed by atoms with Crippen LogP contribution >= 0.6 is 0 Å². The second-order valence-corrected chi connectivity index (χ2v) is 6.12. The van der Waals surface area contributed by atoms with Gasteiger partial charge in [0.05, 0.1) is 11.1 Å². The summed E-state index contributed by atoms with van der Waals surface area (Å²) < 4.78 is 0. The van der Waals surface area contributed by atoms with Gasteiger partial charge in [-0.15, -0.1) is 0 Å². The fourth-order valence-corrected chi connectivity index (χ4v) is 2.78. The third kappa shape index (κ3) is 3.15. The Morgan fingerprint density at radius 1 is 0.720 bits per heavy atom. The van der Waals surface area contributed by atoms with E-state index in [1.54, 1.807) is 13.8 Å². The van der Waals surface area contributed by atoms with Crippen LogP contribution in [-0.2, 0) is 6.42 Å². The Kier molecular flexibility index (Phi) is 4.74. The number of ketones is 2. The van der Waals surface area contributed by atoms with E-state index in [0.29, 0.717) is 11.1 Å². The Morgan fingerprint density at radius 3 is 1.32 bits per heavy atom. The number of phenolic OH excluding ortho intramolecular Hbond substituents is 4. The van der Waals surface area contributed by atoms with Gasteiger partial charge < -0.3 is 20.4 Å². The summed E-state index contributed by atoms with van der Waals surface area (Å²) in [6, 6.07) is 2.74. The van der Waals surface area contributed by atoms with Gasteiger partial charge in [0.15, 0.2) is 11.6 Å². The van der Waals surface area contributed by atoms with E-state index in [9.17, 15) is 30.0 Å². The standard InChI is InChI=1S/C19H20O6/c1-8-5-12(10(3)20)18(24)14(16(8)22)7-15-17(23)9(2)6-13(11(4)21)19(15)25/h5-6,22-25H,7H2,1-4H3. The van der Waals surface area contributed by atoms with Crippen molar-refractivity contribution < 1.29 is 30.0 Å². The zero-order chi connectivity index (χ0) is 19.0. The number of aryl methyl sites for hydroxylation is 2. The maximum absolute atomic E-state index is 11.7. The topological polar surface area (TPSA) is 115 Å². The van der Waals surface area contributed by atoms with Crippen LogP contribution in [0.1, 0.15) is 56.8 Å². The highest BCUT2D eigenvalue weighted by Gasteiger charge is 2.23. The molecular formula is C19H20O6. The number of benzene rings is 2. The quantitative estimate of drug-likeness (QED) is 0.634. The lowest BCUT2D eigenvalue weighted by atomic mass is 9.92. The number of hydrogen-bond donors (Lipinski definition) is 4. The molecule has 0 heterocycles. The minimum Gasteiger partial charge on any atom is -0.507 e. The molecule has 6 heteroatoms. The van der Waals surface area contributed by atoms with E-state index in [1.165, 1.54) is 26.0 Å². The normalized spacial score (nSPS) is 10.7. The predicted octanol–water partition coefficient (Wildman–Crippen LogP) is 3.12. The van der Waals surface area contributed by atoms with E-state index in [1.807, 2.05) is 0 Å². The largest absolute Gasteiger partial charge is 0.507 e. The maximum Gasteiger partial charge on any atom is 0.163 e. The van der Waals surface area contributed by atoms with Crippen molar-refractivity contribution in [1.82, 2.24) is 0 Å². The van der Waals surface area contributed by atoms with Gasteiger partial charge in [-0.1, -0.05) is 0 Å². The van der Waals surface area contributed by atoms with Gasteiger partial charge in [-0.25, -0.2) is 0 Å². The van der Waals surface area contributed by atoms with E-state index in [0.717, 1.165) is 0 Å². The molecule has 0 radical (unpaired) electrons. The van der Waals surface area contributed by atoms with Gasteiger partial charge in [0, 0.05) is 17.5 Å². The van der Waals surface area contributed by atoms with Crippen molar-refractivity contribution in [1.29, 1.82) is 0 Å². The number of Topliss-reactive ketones (excluding diaryl/α,β-unsaturated/α-hetero) is 2. The van der Waals surface area contributed by atoms with Crippen LogP contribution in [0, 0.1) is 13.8 Å². The lowest BCUT2D eigenvalue weighted by Gasteiger charge is -2.16. The molecule has 132 valence electrons. The van der Waals surface area contributed by atoms with Gasteiger partial charge >= 0.3 is 0 Å². The molecule has 0 fully saturated rings. The average Bonchev–Trinajstić information content (AvgIpc) is 2.53. The van der Waals surface area contributed by atoms with Crippen LogP contribution in [0.2, 0.25) is 0 Å². The van der Waals surface area contributed by atoms with Gasteiger partial charge in [-0.05, 0) is 51.0 Å². The third-order valence-corrected chi connectivity index (χ3v) is 4.23. The van der Waals surface area contributed by atoms with Gasteiger partial charge in [0.1, 0.15) is 23.0 Å². The number of rotatable bonds is 4. The number of carbonyl (C=O) groups is 2. The molecule has 0 saturated carbocycles. The van der Waals surface area contributed by atoms with Crippen molar-refractivity contribution in [3.63, 3.8) is 0 Å². The first-order valence-electron chi connectivity index (χ1n) is 7.66. The minimum atomic E-state index is -0.416. The summed E-state index contributed by atoms with van der Waals surface area (Å²) in [5.74, 6) is -2.09. The molecule has 0 saturated heterocycles. The Labute approximate surface area is 145 Å². The summed E-state index contributed by atoms with van der Waals surface area (Å²) in [4.78, 5) is 23.4. The van der Waals surface area contributed by atoms with E-state index in [-0.39, 0.29) is 51.7 Å². The van der Waals surface area contributed by atoms with E-state index < -0.39 is 11.5 Å². The zero-order valence-electron chi connectivity index (χ0n) is 14.5. The molecule has 2 aromatic rings. The lowest BCUT2D eigenvalue weighted by Crippen LogP contribution is -2.03. The number of phenols is 4. The van der Waals surface area contributed by atoms with Crippen molar-refractivity contribution >= 4 is 11.6 Å². The monoisotopic (exact) mass is 344 g/mol. The van der Waals surface area contributed by atoms with Crippen LogP contribution in [-0.4, -0.2) is 32.0 Å². The van der Waals surface area contributed by atoms with Crippen LogP contribution in [0.15, 0.2) is 12.1 Å². The van der Waals surface area contributed by atoms with Crippen molar-refractivity contribution in [2.24, 2.45) is 0 Å². The number of carbonyl (C=O) groups excluding carboxylic acids is 2. The average molecular weight is 344 g/mol. The molecule has 6 nitrogen and oxygen atoms in total. The Balaban J connectivity index is 2.73. The SMILES string of the molecule is CC(=O)c1cc(C)c(O)c(Cc2c(O)c(C)cc(C(C)=O)c2O)c1O. The number of hydrogen-bond acceptors (Lipinski definition) is 6. The Bertz CT molecular complexity index is 822. The van der Waals surface area contributed by atoms with Crippen molar-refractivity contribution in [3.8, 4) is 23.0 Å². The molecule has 25 heavy (non-hydrogen) atoms. The molecule has 0 unspecified atom stereocenters. The number of aromatic hydroxyl groups is 4. The lowest BCUT2D eigenvalue weighted by molar-refractivity contribution is 0.100. The molecule has 0 aliphatic carbocycles. The molecule has 2 aromatic carbocycles. The van der Waals surface area contributed by atoms with Crippen LogP contribution in [0.3, 0.4) is 0 Å². The third-order valence-electron chi connectivity index (χ3n) is 4.23. The first-order chi connectivity index (χ1) is 11.6. The highest BCUT2D eigenvalue weighted by molar-refractivity contribution is 5.99. The van der Waals surface area contributed by atoms with E-state index in [2.05, 4.69) is 0 Å². The maximum atomic E-state index is 11.7. The highest BCUT2D eigenvalue weighted by atomic mass is 16.3. The van der Waals surface area contributed by atoms with Gasteiger partial charge in [0.2, 0.25) is 0 Å². The summed E-state index contributed by atoms with van der Waals surface area (Å²) in [6.07, 6.45) is -0.251. The van der Waals surface area contributed by atoms with Crippen LogP contribution < -0.4 is 0 Å². The first kappa shape index (κ1) is 18.3. The molecule has 2 rings (SSSR count). The molecule has 0 aliphatic rings. The van der Waals surface area contributed by atoms with Gasteiger partial charge in [-0.2, -0.15) is 0 Å². The van der Waals surface area contributed by atoms with Crippen molar-refractivity contribution in [2.75, 3.05) is 0 Å². The summed E-state index contributed by atoms with van der Waals surface area (Å²) in [6.45, 7) is 5.71. The second-order valence-electron chi connectivity index (χ2n) is 6.12. The van der Waals surface area contributed by atoms with Crippen LogP contribution in [0.4, 0.5) is 0 Å². The summed E-state index contributed by atoms with van der Waals surface area (Å²) in [7, 11) is 0. The van der Waals surface area contributed by atoms with Crippen LogP contribution in [0.25, 0.3) is 0 Å². The van der Waals surface area contributed by atoms with Crippen molar-refractivity contribution in [2.45, 2.75) is 34.1 Å². The summed E-state index contributed by atoms with van der Waals surface area (Å²) in [5.41, 5.74) is 0.798. The Morgan fingerprint density at radius 2 is 1.04 bits per heavy atom. The Hall–Kier alpha value is -3.02. The van der Waals surface area contributed by atoms with E-state index in [4.69, 9.17) is 0 Å². The molecule has 0 atom stereocenters. The molecule has 0 spiro atoms. The second kappa shape index (κ2) is 6.47. The van der Waals surface area contributed by atoms with Gasteiger partial charge in [-0.3, -0.25) is 9.59 Å². The fourth-order valence-electron chi connectivity index (χ4n) is 2.78. The van der Waals surface area contributed by atoms with Gasteiger partial charge in [0.25, 0.3) is 0 Å². The zero-order valence-corrected chi connectivity index (χ0v) is 14.5. The molecule has 4 N–H and O–H groups in total. The van der Waals surface area contributed by atoms with Crippen molar-refractivity contribution in [3.05, 3.63) is 45.5 Å². The fraction of sp³-hybridized carbons (Fsp3) is 0.263. The van der Waals surface area contributed by atoms with E-state index >= 15 is 0 Å². The molecule has 0 bridgehead atoms. The summed E-state index contributed by atoms with van der Waals surface area (Å²) >= 11 is 0. The molecule has 0 aromatic heterocycles. The summed E-state index contributed by atoms with van der Waals surface area (Å²) in [5, 5.41) is 41.2. The molecule has 0 aliphatic heterocycles. The van der Waals surface area contributed by atoms with Crippen LogP contribution in [0.5, 0.6) is 23.0 Å².